The van der Waals surface area contributed by atoms with E-state index in [9.17, 15) is 0 Å². The van der Waals surface area contributed by atoms with E-state index in [0.29, 0.717) is 18.1 Å². The van der Waals surface area contributed by atoms with Gasteiger partial charge in [-0.25, -0.2) is 0 Å². The van der Waals surface area contributed by atoms with Crippen LogP contribution in [0.5, 0.6) is 0 Å². The Balaban J connectivity index is 1.77. The molecule has 0 spiro atoms. The minimum Gasteiger partial charge on any atom is -0.376 e. The van der Waals surface area contributed by atoms with E-state index in [2.05, 4.69) is 13.5 Å². The molecule has 0 bridgehead atoms. The molecule has 2 aliphatic rings. The fraction of sp³-hybridized carbons (Fsp3) is 0.818. The zero-order chi connectivity index (χ0) is 9.26. The molecule has 0 aromatic rings. The van der Waals surface area contributed by atoms with E-state index < -0.39 is 0 Å². The second kappa shape index (κ2) is 3.81. The van der Waals surface area contributed by atoms with Crippen molar-refractivity contribution in [3.8, 4) is 0 Å². The molecule has 0 N–H and O–H groups in total. The van der Waals surface area contributed by atoms with Crippen molar-refractivity contribution < 1.29 is 9.47 Å². The smallest absolute Gasteiger partial charge is 0.104 e. The highest BCUT2D eigenvalue weighted by molar-refractivity contribution is 5.03. The molecule has 1 saturated heterocycles. The van der Waals surface area contributed by atoms with Gasteiger partial charge >= 0.3 is 0 Å². The normalized spacial score (nSPS) is 35.9. The SMILES string of the molecule is C=C1CC[C@H](OC2COC2)CC1C. The summed E-state index contributed by atoms with van der Waals surface area (Å²) in [5.74, 6) is 0.639. The third-order valence-electron chi connectivity index (χ3n) is 3.09. The minimum atomic E-state index is 0.378. The maximum absolute atomic E-state index is 5.88. The molecule has 13 heavy (non-hydrogen) atoms. The first-order valence-electron chi connectivity index (χ1n) is 5.16. The highest BCUT2D eigenvalue weighted by Gasteiger charge is 2.27. The van der Waals surface area contributed by atoms with E-state index in [-0.39, 0.29) is 0 Å². The summed E-state index contributed by atoms with van der Waals surface area (Å²) in [6.07, 6.45) is 4.27. The van der Waals surface area contributed by atoms with Crippen LogP contribution in [-0.2, 0) is 9.47 Å². The molecule has 1 saturated carbocycles. The lowest BCUT2D eigenvalue weighted by molar-refractivity contribution is -0.160. The van der Waals surface area contributed by atoms with Gasteiger partial charge in [-0.2, -0.15) is 0 Å². The third kappa shape index (κ3) is 2.12. The quantitative estimate of drug-likeness (QED) is 0.609. The number of hydrogen-bond donors (Lipinski definition) is 0. The van der Waals surface area contributed by atoms with Crippen LogP contribution in [0.1, 0.15) is 26.2 Å². The number of allylic oxidation sites excluding steroid dienone is 1. The Bertz CT molecular complexity index is 196. The Hall–Kier alpha value is -0.340. The molecule has 2 rings (SSSR count). The van der Waals surface area contributed by atoms with Gasteiger partial charge in [-0.1, -0.05) is 19.1 Å². The van der Waals surface area contributed by atoms with Crippen LogP contribution in [0.15, 0.2) is 12.2 Å². The largest absolute Gasteiger partial charge is 0.376 e. The minimum absolute atomic E-state index is 0.378. The van der Waals surface area contributed by atoms with Crippen LogP contribution in [0, 0.1) is 5.92 Å². The molecule has 1 unspecified atom stereocenters. The number of hydrogen-bond acceptors (Lipinski definition) is 2. The van der Waals surface area contributed by atoms with Gasteiger partial charge in [-0.15, -0.1) is 0 Å². The predicted molar refractivity (Wildman–Crippen MR) is 51.6 cm³/mol. The zero-order valence-corrected chi connectivity index (χ0v) is 8.29. The Morgan fingerprint density at radius 1 is 1.38 bits per heavy atom. The molecular formula is C11H18O2. The monoisotopic (exact) mass is 182 g/mol. The Morgan fingerprint density at radius 2 is 2.15 bits per heavy atom. The van der Waals surface area contributed by atoms with E-state index in [4.69, 9.17) is 9.47 Å². The molecule has 0 aromatic carbocycles. The molecule has 2 fully saturated rings. The summed E-state index contributed by atoms with van der Waals surface area (Å²) in [6, 6.07) is 0. The molecule has 1 aliphatic heterocycles. The highest BCUT2D eigenvalue weighted by atomic mass is 16.6. The molecule has 2 atom stereocenters. The molecule has 0 radical (unpaired) electrons. The molecular weight excluding hydrogens is 164 g/mol. The van der Waals surface area contributed by atoms with E-state index in [0.717, 1.165) is 32.5 Å². The second-order valence-corrected chi connectivity index (χ2v) is 4.25. The standard InChI is InChI=1S/C11H18O2/c1-8-3-4-10(5-9(8)2)13-11-6-12-7-11/h9-11H,1,3-7H2,2H3/t9?,10-/m0/s1. The van der Waals surface area contributed by atoms with Crippen molar-refractivity contribution in [1.29, 1.82) is 0 Å². The van der Waals surface area contributed by atoms with Gasteiger partial charge in [-0.3, -0.25) is 0 Å². The maximum atomic E-state index is 5.88. The van der Waals surface area contributed by atoms with Crippen LogP contribution in [0.2, 0.25) is 0 Å². The molecule has 74 valence electrons. The first-order valence-corrected chi connectivity index (χ1v) is 5.16. The molecule has 2 heteroatoms. The molecule has 0 aromatic heterocycles. The highest BCUT2D eigenvalue weighted by Crippen LogP contribution is 2.30. The third-order valence-corrected chi connectivity index (χ3v) is 3.09. The summed E-state index contributed by atoms with van der Waals surface area (Å²) < 4.78 is 11.0. The van der Waals surface area contributed by atoms with Crippen molar-refractivity contribution in [3.05, 3.63) is 12.2 Å². The van der Waals surface area contributed by atoms with Gasteiger partial charge in [0, 0.05) is 0 Å². The van der Waals surface area contributed by atoms with Crippen molar-refractivity contribution in [2.24, 2.45) is 5.92 Å². The lowest BCUT2D eigenvalue weighted by Crippen LogP contribution is -2.40. The van der Waals surface area contributed by atoms with Crippen LogP contribution in [0.3, 0.4) is 0 Å². The average molecular weight is 182 g/mol. The summed E-state index contributed by atoms with van der Waals surface area (Å²) in [4.78, 5) is 0. The topological polar surface area (TPSA) is 18.5 Å². The van der Waals surface area contributed by atoms with Gasteiger partial charge in [0.15, 0.2) is 0 Å². The van der Waals surface area contributed by atoms with E-state index >= 15 is 0 Å². The van der Waals surface area contributed by atoms with Crippen molar-refractivity contribution >= 4 is 0 Å². The lowest BCUT2D eigenvalue weighted by Gasteiger charge is -2.35. The van der Waals surface area contributed by atoms with Gasteiger partial charge in [0.25, 0.3) is 0 Å². The Morgan fingerprint density at radius 3 is 2.69 bits per heavy atom. The van der Waals surface area contributed by atoms with Gasteiger partial charge < -0.3 is 9.47 Å². The van der Waals surface area contributed by atoms with Gasteiger partial charge in [0.1, 0.15) is 6.10 Å². The van der Waals surface area contributed by atoms with Crippen LogP contribution >= 0.6 is 0 Å². The molecule has 1 heterocycles. The maximum Gasteiger partial charge on any atom is 0.104 e. The van der Waals surface area contributed by atoms with E-state index in [1.807, 2.05) is 0 Å². The molecule has 2 nitrogen and oxygen atoms in total. The van der Waals surface area contributed by atoms with Crippen molar-refractivity contribution in [1.82, 2.24) is 0 Å². The van der Waals surface area contributed by atoms with Crippen molar-refractivity contribution in [2.75, 3.05) is 13.2 Å². The van der Waals surface area contributed by atoms with Crippen LogP contribution in [-0.4, -0.2) is 25.4 Å². The first-order chi connectivity index (χ1) is 6.25. The Labute approximate surface area is 79.9 Å². The van der Waals surface area contributed by atoms with E-state index in [1.54, 1.807) is 0 Å². The van der Waals surface area contributed by atoms with Gasteiger partial charge in [0.05, 0.1) is 19.3 Å². The summed E-state index contributed by atoms with van der Waals surface area (Å²) in [5.41, 5.74) is 1.39. The summed E-state index contributed by atoms with van der Waals surface area (Å²) in [6.45, 7) is 7.90. The number of rotatable bonds is 2. The van der Waals surface area contributed by atoms with Crippen molar-refractivity contribution in [2.45, 2.75) is 38.4 Å². The van der Waals surface area contributed by atoms with Gasteiger partial charge in [-0.05, 0) is 25.2 Å². The molecule has 0 amide bonds. The van der Waals surface area contributed by atoms with Gasteiger partial charge in [0.2, 0.25) is 0 Å². The lowest BCUT2D eigenvalue weighted by atomic mass is 9.85. The predicted octanol–water partition coefficient (Wildman–Crippen LogP) is 2.15. The summed E-state index contributed by atoms with van der Waals surface area (Å²) >= 11 is 0. The van der Waals surface area contributed by atoms with E-state index in [1.165, 1.54) is 5.57 Å². The second-order valence-electron chi connectivity index (χ2n) is 4.25. The van der Waals surface area contributed by atoms with Crippen molar-refractivity contribution in [3.63, 3.8) is 0 Å². The first kappa shape index (κ1) is 9.22. The van der Waals surface area contributed by atoms with Crippen LogP contribution in [0.4, 0.5) is 0 Å². The summed E-state index contributed by atoms with van der Waals surface area (Å²) in [7, 11) is 0. The zero-order valence-electron chi connectivity index (χ0n) is 8.29. The average Bonchev–Trinajstić information content (AvgIpc) is 2.04. The fourth-order valence-corrected chi connectivity index (χ4v) is 1.96. The van der Waals surface area contributed by atoms with Crippen LogP contribution < -0.4 is 0 Å². The molecule has 1 aliphatic carbocycles. The Kier molecular flexibility index (Phi) is 2.70. The summed E-state index contributed by atoms with van der Waals surface area (Å²) in [5, 5.41) is 0. The fourth-order valence-electron chi connectivity index (χ4n) is 1.96. The number of ether oxygens (including phenoxy) is 2. The van der Waals surface area contributed by atoms with Crippen LogP contribution in [0.25, 0.3) is 0 Å².